The zero-order valence-corrected chi connectivity index (χ0v) is 38.5. The van der Waals surface area contributed by atoms with Gasteiger partial charge in [0.1, 0.15) is 13.2 Å². The molecule has 16 heteroatoms. The van der Waals surface area contributed by atoms with Crippen LogP contribution < -0.4 is 28.9 Å². The first-order valence-corrected chi connectivity index (χ1v) is 23.5. The van der Waals surface area contributed by atoms with Gasteiger partial charge < -0.3 is 28.7 Å². The molecule has 2 aliphatic heterocycles. The van der Waals surface area contributed by atoms with E-state index in [1.165, 1.54) is 32.5 Å². The van der Waals surface area contributed by atoms with Gasteiger partial charge in [0.25, 0.3) is 5.91 Å². The molecular formula is C48H53N5O9S2. The van der Waals surface area contributed by atoms with Crippen molar-refractivity contribution in [2.45, 2.75) is 57.1 Å². The van der Waals surface area contributed by atoms with E-state index in [-0.39, 0.29) is 30.4 Å². The van der Waals surface area contributed by atoms with Crippen LogP contribution in [0.4, 0.5) is 22.7 Å². The molecule has 2 atom stereocenters. The Labute approximate surface area is 382 Å². The Morgan fingerprint density at radius 2 is 1.64 bits per heavy atom. The third-order valence-corrected chi connectivity index (χ3v) is 13.4. The number of para-hydroxylation sites is 1. The molecule has 64 heavy (non-hydrogen) atoms. The second-order valence-electron chi connectivity index (χ2n) is 15.3. The minimum absolute atomic E-state index is 0.0197. The second-order valence-corrected chi connectivity index (χ2v) is 18.2. The highest BCUT2D eigenvalue weighted by molar-refractivity contribution is 8.76. The summed E-state index contributed by atoms with van der Waals surface area (Å²) in [6.45, 7) is 7.06. The Kier molecular flexibility index (Phi) is 15.7. The van der Waals surface area contributed by atoms with E-state index in [1.54, 1.807) is 55.8 Å². The number of allylic oxidation sites excluding steroid dienone is 3. The first-order valence-electron chi connectivity index (χ1n) is 20.8. The average Bonchev–Trinajstić information content (AvgIpc) is 3.90. The number of methoxy groups -OCH3 is 2. The van der Waals surface area contributed by atoms with E-state index in [9.17, 15) is 9.59 Å². The minimum atomic E-state index is -0.169. The molecule has 0 bridgehead atoms. The van der Waals surface area contributed by atoms with Crippen molar-refractivity contribution >= 4 is 69.5 Å². The molecule has 7 rings (SSSR count). The molecule has 3 aliphatic rings. The van der Waals surface area contributed by atoms with Crippen LogP contribution in [0, 0.1) is 0 Å². The van der Waals surface area contributed by atoms with Crippen LogP contribution in [0.1, 0.15) is 63.6 Å². The molecule has 0 aromatic heterocycles. The number of hydroxylamine groups is 1. The third kappa shape index (κ3) is 10.6. The van der Waals surface area contributed by atoms with E-state index in [0.29, 0.717) is 64.3 Å². The Morgan fingerprint density at radius 1 is 0.938 bits per heavy atom. The predicted octanol–water partition coefficient (Wildman–Crippen LogP) is 9.85. The summed E-state index contributed by atoms with van der Waals surface area (Å²) in [5, 5.41) is 6.70. The van der Waals surface area contributed by atoms with Gasteiger partial charge in [-0.25, -0.2) is 9.95 Å². The van der Waals surface area contributed by atoms with Crippen molar-refractivity contribution < 1.29 is 43.5 Å². The first kappa shape index (κ1) is 46.2. The molecule has 0 radical (unpaired) electrons. The number of likely N-dealkylation sites (tertiary alicyclic amines) is 1. The van der Waals surface area contributed by atoms with Gasteiger partial charge in [-0.15, -0.1) is 0 Å². The molecular weight excluding hydrogens is 855 g/mol. The highest BCUT2D eigenvalue weighted by atomic mass is 33.1. The van der Waals surface area contributed by atoms with Gasteiger partial charge in [-0.2, -0.15) is 0 Å². The molecule has 14 nitrogen and oxygen atoms in total. The lowest BCUT2D eigenvalue weighted by Crippen LogP contribution is -2.30. The smallest absolute Gasteiger partial charge is 0.260 e. The Morgan fingerprint density at radius 3 is 2.31 bits per heavy atom. The lowest BCUT2D eigenvalue weighted by atomic mass is 10.0. The van der Waals surface area contributed by atoms with Crippen molar-refractivity contribution in [2.75, 3.05) is 57.7 Å². The number of anilines is 2. The number of fused-ring (bicyclic) bond motifs is 2. The molecule has 2 heterocycles. The van der Waals surface area contributed by atoms with E-state index in [1.807, 2.05) is 49.8 Å². The molecule has 1 amide bonds. The lowest BCUT2D eigenvalue weighted by Gasteiger charge is -2.25. The normalized spacial score (nSPS) is 15.9. The zero-order chi connectivity index (χ0) is 45.2. The SMILES string of the molecule is C=Nc1cc(OCc2cc(COc3cc(N=CC4Cc5ccccc5N4C)c(C=O)cc3OC)cc(N(CC(C)SSC)OOOC)c2)c(OC)cc1C(=O)N1CCC2=CCCC=C21. The van der Waals surface area contributed by atoms with Crippen molar-refractivity contribution in [3.8, 4) is 23.0 Å². The quantitative estimate of drug-likeness (QED) is 0.0259. The molecule has 1 fully saturated rings. The summed E-state index contributed by atoms with van der Waals surface area (Å²) in [7, 11) is 9.79. The molecule has 0 spiro atoms. The first-order chi connectivity index (χ1) is 31.2. The Bertz CT molecular complexity index is 2440. The van der Waals surface area contributed by atoms with Crippen molar-refractivity contribution in [3.63, 3.8) is 0 Å². The van der Waals surface area contributed by atoms with Gasteiger partial charge in [-0.3, -0.25) is 19.6 Å². The fraction of sp³-hybridized carbons (Fsp3) is 0.333. The summed E-state index contributed by atoms with van der Waals surface area (Å²) in [6.07, 6.45) is 12.5. The van der Waals surface area contributed by atoms with E-state index in [2.05, 4.69) is 47.8 Å². The van der Waals surface area contributed by atoms with Gasteiger partial charge in [-0.1, -0.05) is 63.9 Å². The highest BCUT2D eigenvalue weighted by Crippen LogP contribution is 2.40. The predicted molar refractivity (Wildman–Crippen MR) is 254 cm³/mol. The van der Waals surface area contributed by atoms with Gasteiger partial charge in [0.2, 0.25) is 0 Å². The number of benzene rings is 4. The number of rotatable bonds is 21. The summed E-state index contributed by atoms with van der Waals surface area (Å²) in [5.41, 5.74) is 8.28. The fourth-order valence-electron chi connectivity index (χ4n) is 8.04. The summed E-state index contributed by atoms with van der Waals surface area (Å²) in [4.78, 5) is 49.7. The molecule has 4 aromatic carbocycles. The topological polar surface area (TPSA) is 133 Å². The zero-order valence-electron chi connectivity index (χ0n) is 36.9. The lowest BCUT2D eigenvalue weighted by molar-refractivity contribution is -0.507. The maximum absolute atomic E-state index is 14.0. The fourth-order valence-corrected chi connectivity index (χ4v) is 9.73. The summed E-state index contributed by atoms with van der Waals surface area (Å²) in [6, 6.07) is 20.8. The average molecular weight is 908 g/mol. The van der Waals surface area contributed by atoms with Crippen LogP contribution in [0.5, 0.6) is 23.0 Å². The van der Waals surface area contributed by atoms with Crippen LogP contribution in [-0.2, 0) is 34.5 Å². The van der Waals surface area contributed by atoms with Crippen LogP contribution in [0.15, 0.2) is 100 Å². The van der Waals surface area contributed by atoms with E-state index >= 15 is 0 Å². The molecule has 4 aromatic rings. The summed E-state index contributed by atoms with van der Waals surface area (Å²) < 4.78 is 24.4. The van der Waals surface area contributed by atoms with E-state index in [0.717, 1.165) is 54.5 Å². The number of nitrogens with zero attached hydrogens (tertiary/aromatic N) is 5. The van der Waals surface area contributed by atoms with Gasteiger partial charge in [0.05, 0.1) is 56.5 Å². The number of aliphatic imine (C=N–C) groups is 2. The molecule has 1 aliphatic carbocycles. The van der Waals surface area contributed by atoms with Crippen molar-refractivity contribution in [3.05, 3.63) is 118 Å². The monoisotopic (exact) mass is 907 g/mol. The van der Waals surface area contributed by atoms with Crippen molar-refractivity contribution in [1.29, 1.82) is 0 Å². The van der Waals surface area contributed by atoms with Gasteiger partial charge in [0.15, 0.2) is 29.3 Å². The third-order valence-electron chi connectivity index (χ3n) is 11.2. The van der Waals surface area contributed by atoms with Gasteiger partial charge in [-0.05, 0) is 102 Å². The maximum atomic E-state index is 14.0. The molecule has 2 unspecified atom stereocenters. The number of carbonyl (C=O) groups is 2. The number of hydrogen-bond acceptors (Lipinski definition) is 15. The molecule has 0 N–H and O–H groups in total. The number of hydrogen-bond donors (Lipinski definition) is 0. The minimum Gasteiger partial charge on any atom is -0.493 e. The van der Waals surface area contributed by atoms with Crippen LogP contribution in [0.25, 0.3) is 0 Å². The van der Waals surface area contributed by atoms with Gasteiger partial charge in [0, 0.05) is 54.1 Å². The molecule has 1 saturated heterocycles. The van der Waals surface area contributed by atoms with E-state index in [4.69, 9.17) is 38.9 Å². The molecule has 336 valence electrons. The number of carbonyl (C=O) groups excluding carboxylic acids is 2. The Balaban J connectivity index is 1.16. The number of likely N-dealkylation sites (N-methyl/N-ethyl adjacent to an activating group) is 1. The number of ether oxygens (including phenoxy) is 4. The number of aldehydes is 1. The van der Waals surface area contributed by atoms with Crippen LogP contribution in [0.2, 0.25) is 0 Å². The Hall–Kier alpha value is -5.78. The van der Waals surface area contributed by atoms with Crippen molar-refractivity contribution in [2.24, 2.45) is 9.98 Å². The van der Waals surface area contributed by atoms with Crippen LogP contribution >= 0.6 is 21.6 Å². The van der Waals surface area contributed by atoms with Crippen molar-refractivity contribution in [1.82, 2.24) is 4.90 Å². The molecule has 0 saturated carbocycles. The largest absolute Gasteiger partial charge is 0.493 e. The summed E-state index contributed by atoms with van der Waals surface area (Å²) in [5.74, 6) is 1.36. The van der Waals surface area contributed by atoms with Gasteiger partial charge >= 0.3 is 0 Å². The second kappa shape index (κ2) is 21.7. The summed E-state index contributed by atoms with van der Waals surface area (Å²) >= 11 is 0. The maximum Gasteiger partial charge on any atom is 0.260 e. The number of amides is 1. The van der Waals surface area contributed by atoms with E-state index < -0.39 is 0 Å². The van der Waals surface area contributed by atoms with Crippen LogP contribution in [-0.4, -0.2) is 89.0 Å². The van der Waals surface area contributed by atoms with Crippen LogP contribution in [0.3, 0.4) is 0 Å². The standard InChI is InChI=1S/C48H53N5O9S2/c1-31(64-63-7)27-53(61-62-58-6)37-19-32(29-59-46-24-40(36(28-54)22-44(46)56-4)50-26-38-21-35-13-9-10-14-42(35)51(38)3)18-33(20-37)30-60-47-25-41(49-2)39(23-45(47)57-5)48(55)52-17-16-34-12-8-11-15-43(34)52/h9-10,12-15,18-20,22-26,28,31,38H,2,8,11,16-17,21,27,29-30H2,1,3-7H3. The highest BCUT2D eigenvalue weighted by Gasteiger charge is 2.31.